The van der Waals surface area contributed by atoms with Crippen LogP contribution in [0.2, 0.25) is 0 Å². The van der Waals surface area contributed by atoms with E-state index in [1.807, 2.05) is 4.90 Å². The average Bonchev–Trinajstić information content (AvgIpc) is 3.24. The summed E-state index contributed by atoms with van der Waals surface area (Å²) in [5.74, 6) is 1.24. The lowest BCUT2D eigenvalue weighted by Crippen LogP contribution is -3.18. The first-order chi connectivity index (χ1) is 15.6. The number of hydrogen-bond donors (Lipinski definition) is 1. The van der Waals surface area contributed by atoms with Crippen LogP contribution in [0.3, 0.4) is 0 Å². The van der Waals surface area contributed by atoms with Gasteiger partial charge in [0.15, 0.2) is 0 Å². The molecular formula is C26H30N3O2S+. The molecule has 0 aliphatic carbocycles. The van der Waals surface area contributed by atoms with E-state index in [0.29, 0.717) is 17.9 Å². The molecule has 2 aromatic heterocycles. The Balaban J connectivity index is 1.26. The van der Waals surface area contributed by atoms with Gasteiger partial charge in [-0.2, -0.15) is 0 Å². The molecule has 2 fully saturated rings. The molecule has 6 rings (SSSR count). The predicted molar refractivity (Wildman–Crippen MR) is 128 cm³/mol. The number of pyridine rings is 1. The Morgan fingerprint density at radius 3 is 2.69 bits per heavy atom. The Morgan fingerprint density at radius 1 is 1.09 bits per heavy atom. The van der Waals surface area contributed by atoms with Crippen LogP contribution < -0.4 is 10.5 Å². The van der Waals surface area contributed by atoms with Crippen molar-refractivity contribution in [3.05, 3.63) is 58.5 Å². The topological polar surface area (TPSA) is 46.8 Å². The zero-order chi connectivity index (χ0) is 21.8. The number of quaternary nitrogens is 1. The maximum atomic E-state index is 13.5. The summed E-state index contributed by atoms with van der Waals surface area (Å²) in [5.41, 5.74) is 2.26. The van der Waals surface area contributed by atoms with Crippen LogP contribution in [0.15, 0.2) is 47.3 Å². The van der Waals surface area contributed by atoms with Crippen LogP contribution in [0.25, 0.3) is 20.5 Å². The number of rotatable bonds is 2. The van der Waals surface area contributed by atoms with E-state index in [9.17, 15) is 9.59 Å². The third kappa shape index (κ3) is 3.41. The third-order valence-electron chi connectivity index (χ3n) is 7.95. The number of piperidine rings is 2. The molecule has 1 N–H and O–H groups in total. The minimum atomic E-state index is 0.182. The Bertz CT molecular complexity index is 1200. The first-order valence-corrected chi connectivity index (χ1v) is 12.7. The molecule has 3 aromatic rings. The van der Waals surface area contributed by atoms with E-state index >= 15 is 0 Å². The number of hydrogen-bond acceptors (Lipinski definition) is 3. The Hall–Kier alpha value is -2.44. The lowest BCUT2D eigenvalue weighted by atomic mass is 9.81. The molecule has 1 aromatic carbocycles. The van der Waals surface area contributed by atoms with E-state index in [1.165, 1.54) is 22.2 Å². The van der Waals surface area contributed by atoms with Gasteiger partial charge in [-0.3, -0.25) is 9.59 Å². The van der Waals surface area contributed by atoms with Crippen LogP contribution in [0.1, 0.15) is 37.8 Å². The van der Waals surface area contributed by atoms with Crippen molar-refractivity contribution < 1.29 is 9.69 Å². The molecule has 0 radical (unpaired) electrons. The first kappa shape index (κ1) is 20.2. The van der Waals surface area contributed by atoms with Gasteiger partial charge < -0.3 is 14.4 Å². The largest absolute Gasteiger partial charge is 0.342 e. The molecule has 5 nitrogen and oxygen atoms in total. The second-order valence-electron chi connectivity index (χ2n) is 9.88. The Morgan fingerprint density at radius 2 is 1.91 bits per heavy atom. The maximum absolute atomic E-state index is 13.5. The standard InChI is InChI=1S/C26H29N3O2S/c1-17(30)27-10-8-21(9-11-27)28-14-18-12-20(16-28)23-7-6-22(26(31)29(23)15-18)25-13-19-4-2-3-5-24(19)32-25/h2-7,13,18,20-21H,8-12,14-16H2,1H3/p+1/t18-,20+/m0/s1. The number of benzene rings is 1. The molecule has 1 unspecified atom stereocenters. The molecule has 1 amide bonds. The van der Waals surface area contributed by atoms with Crippen molar-refractivity contribution in [3.63, 3.8) is 0 Å². The summed E-state index contributed by atoms with van der Waals surface area (Å²) >= 11 is 1.71. The molecule has 2 bridgehead atoms. The zero-order valence-corrected chi connectivity index (χ0v) is 19.4. The highest BCUT2D eigenvalue weighted by Crippen LogP contribution is 2.35. The first-order valence-electron chi connectivity index (χ1n) is 11.9. The highest BCUT2D eigenvalue weighted by Gasteiger charge is 2.41. The van der Waals surface area contributed by atoms with Crippen molar-refractivity contribution >= 4 is 27.3 Å². The molecule has 3 aliphatic heterocycles. The molecule has 166 valence electrons. The van der Waals surface area contributed by atoms with E-state index in [2.05, 4.69) is 47.0 Å². The number of nitrogens with zero attached hydrogens (tertiary/aromatic N) is 2. The predicted octanol–water partition coefficient (Wildman–Crippen LogP) is 2.74. The SMILES string of the molecule is CC(=O)N1CCC([NH+]2C[C@@H]3C[C@H](C2)c2ccc(-c4cc5ccccc5s4)c(=O)n2C3)CC1. The lowest BCUT2D eigenvalue weighted by molar-refractivity contribution is -0.937. The highest BCUT2D eigenvalue weighted by atomic mass is 32.1. The summed E-state index contributed by atoms with van der Waals surface area (Å²) in [4.78, 5) is 30.0. The Kier molecular flexibility index (Phi) is 4.95. The van der Waals surface area contributed by atoms with Crippen LogP contribution in [0.4, 0.5) is 0 Å². The smallest absolute Gasteiger partial charge is 0.259 e. The molecule has 3 aliphatic rings. The van der Waals surface area contributed by atoms with Crippen LogP contribution in [0.5, 0.6) is 0 Å². The van der Waals surface area contributed by atoms with Crippen LogP contribution in [-0.2, 0) is 11.3 Å². The van der Waals surface area contributed by atoms with Gasteiger partial charge in [-0.1, -0.05) is 18.2 Å². The summed E-state index contributed by atoms with van der Waals surface area (Å²) in [5, 5.41) is 1.21. The van der Waals surface area contributed by atoms with Gasteiger partial charge >= 0.3 is 0 Å². The second kappa shape index (κ2) is 7.85. The van der Waals surface area contributed by atoms with E-state index in [4.69, 9.17) is 0 Å². The van der Waals surface area contributed by atoms with E-state index in [0.717, 1.165) is 56.0 Å². The van der Waals surface area contributed by atoms with Gasteiger partial charge in [-0.15, -0.1) is 11.3 Å². The van der Waals surface area contributed by atoms with Gasteiger partial charge in [0.05, 0.1) is 24.7 Å². The minimum Gasteiger partial charge on any atom is -0.342 e. The van der Waals surface area contributed by atoms with Gasteiger partial charge in [-0.25, -0.2) is 0 Å². The van der Waals surface area contributed by atoms with Gasteiger partial charge in [0, 0.05) is 66.5 Å². The summed E-state index contributed by atoms with van der Waals surface area (Å²) in [6.07, 6.45) is 3.41. The fraction of sp³-hybridized carbons (Fsp3) is 0.462. The molecule has 0 spiro atoms. The number of amides is 1. The average molecular weight is 449 g/mol. The highest BCUT2D eigenvalue weighted by molar-refractivity contribution is 7.22. The van der Waals surface area contributed by atoms with Crippen molar-refractivity contribution in [1.29, 1.82) is 0 Å². The van der Waals surface area contributed by atoms with Crippen LogP contribution in [0, 0.1) is 5.92 Å². The summed E-state index contributed by atoms with van der Waals surface area (Å²) in [7, 11) is 0. The van der Waals surface area contributed by atoms with Crippen molar-refractivity contribution in [1.82, 2.24) is 9.47 Å². The number of fused-ring (bicyclic) bond motifs is 5. The molecule has 5 heterocycles. The Labute approximate surface area is 192 Å². The molecule has 3 atom stereocenters. The second-order valence-corrected chi connectivity index (χ2v) is 11.0. The summed E-state index contributed by atoms with van der Waals surface area (Å²) in [6, 6.07) is 15.5. The van der Waals surface area contributed by atoms with Gasteiger partial charge in [-0.05, 0) is 36.1 Å². The van der Waals surface area contributed by atoms with Crippen molar-refractivity contribution in [2.75, 3.05) is 26.2 Å². The zero-order valence-electron chi connectivity index (χ0n) is 18.5. The normalized spacial score (nSPS) is 25.7. The van der Waals surface area contributed by atoms with Crippen molar-refractivity contribution in [2.45, 2.75) is 44.7 Å². The minimum absolute atomic E-state index is 0.182. The number of thiophene rings is 1. The summed E-state index contributed by atoms with van der Waals surface area (Å²) < 4.78 is 3.32. The van der Waals surface area contributed by atoms with Gasteiger partial charge in [0.25, 0.3) is 5.56 Å². The molecule has 0 saturated carbocycles. The maximum Gasteiger partial charge on any atom is 0.259 e. The van der Waals surface area contributed by atoms with E-state index < -0.39 is 0 Å². The third-order valence-corrected chi connectivity index (χ3v) is 9.10. The van der Waals surface area contributed by atoms with Crippen molar-refractivity contribution in [2.24, 2.45) is 5.92 Å². The van der Waals surface area contributed by atoms with E-state index in [1.54, 1.807) is 23.2 Å². The number of likely N-dealkylation sites (tertiary alicyclic amines) is 2. The molecular weight excluding hydrogens is 418 g/mol. The number of carbonyl (C=O) groups excluding carboxylic acids is 1. The van der Waals surface area contributed by atoms with Crippen LogP contribution >= 0.6 is 11.3 Å². The molecule has 6 heteroatoms. The number of aromatic nitrogens is 1. The van der Waals surface area contributed by atoms with E-state index in [-0.39, 0.29) is 11.5 Å². The quantitative estimate of drug-likeness (QED) is 0.655. The fourth-order valence-corrected chi connectivity index (χ4v) is 7.42. The van der Waals surface area contributed by atoms with Gasteiger partial charge in [0.2, 0.25) is 5.91 Å². The molecule has 2 saturated heterocycles. The van der Waals surface area contributed by atoms with Crippen molar-refractivity contribution in [3.8, 4) is 10.4 Å². The monoisotopic (exact) mass is 448 g/mol. The number of carbonyl (C=O) groups is 1. The van der Waals surface area contributed by atoms with Gasteiger partial charge in [0.1, 0.15) is 0 Å². The fourth-order valence-electron chi connectivity index (χ4n) is 6.34. The van der Waals surface area contributed by atoms with Crippen LogP contribution in [-0.4, -0.2) is 47.6 Å². The summed E-state index contributed by atoms with van der Waals surface area (Å²) in [6.45, 7) is 6.59. The lowest BCUT2D eigenvalue weighted by Gasteiger charge is -2.45. The number of nitrogens with one attached hydrogen (secondary N) is 1. The molecule has 32 heavy (non-hydrogen) atoms.